The molecule has 1 aliphatic carbocycles. The summed E-state index contributed by atoms with van der Waals surface area (Å²) in [4.78, 5) is 16.4. The molecule has 1 heterocycles. The molecule has 3 rings (SSSR count). The van der Waals surface area contributed by atoms with Gasteiger partial charge < -0.3 is 9.84 Å². The maximum absolute atomic E-state index is 12.2. The monoisotopic (exact) mass is 285 g/mol. The Morgan fingerprint density at radius 1 is 1.19 bits per heavy atom. The molecule has 1 fully saturated rings. The molecule has 0 unspecified atom stereocenters. The summed E-state index contributed by atoms with van der Waals surface area (Å²) in [5.41, 5.74) is 1.52. The van der Waals surface area contributed by atoms with Gasteiger partial charge in [-0.2, -0.15) is 4.98 Å². The quantitative estimate of drug-likeness (QED) is 0.940. The number of aryl methyl sites for hydroxylation is 1. The van der Waals surface area contributed by atoms with Crippen LogP contribution in [0.5, 0.6) is 0 Å². The molecule has 5 heteroatoms. The second kappa shape index (κ2) is 6.08. The third kappa shape index (κ3) is 3.29. The molecule has 0 saturated heterocycles. The van der Waals surface area contributed by atoms with Gasteiger partial charge in [0.05, 0.1) is 0 Å². The smallest absolute Gasteiger partial charge is 0.251 e. The van der Waals surface area contributed by atoms with Gasteiger partial charge in [-0.05, 0) is 25.0 Å². The van der Waals surface area contributed by atoms with E-state index in [1.807, 2.05) is 12.1 Å². The molecule has 0 aliphatic heterocycles. The number of carbonyl (C=O) groups is 1. The van der Waals surface area contributed by atoms with Crippen LogP contribution in [-0.2, 0) is 0 Å². The largest absolute Gasteiger partial charge is 0.349 e. The van der Waals surface area contributed by atoms with E-state index in [1.165, 1.54) is 19.3 Å². The Morgan fingerprint density at radius 2 is 1.90 bits per heavy atom. The predicted octanol–water partition coefficient (Wildman–Crippen LogP) is 3.11. The summed E-state index contributed by atoms with van der Waals surface area (Å²) in [5, 5.41) is 6.98. The molecule has 1 N–H and O–H groups in total. The molecule has 0 radical (unpaired) electrons. The molecular weight excluding hydrogens is 266 g/mol. The van der Waals surface area contributed by atoms with Gasteiger partial charge in [0.25, 0.3) is 5.91 Å². The molecule has 0 atom stereocenters. The Labute approximate surface area is 123 Å². The summed E-state index contributed by atoms with van der Waals surface area (Å²) in [5.74, 6) is 1.08. The van der Waals surface area contributed by atoms with Gasteiger partial charge in [0.1, 0.15) is 0 Å². The zero-order valence-corrected chi connectivity index (χ0v) is 12.1. The van der Waals surface area contributed by atoms with Gasteiger partial charge in [0.2, 0.25) is 11.7 Å². The Morgan fingerprint density at radius 3 is 2.52 bits per heavy atom. The Kier molecular flexibility index (Phi) is 3.99. The van der Waals surface area contributed by atoms with Crippen LogP contribution in [0.1, 0.15) is 48.4 Å². The summed E-state index contributed by atoms with van der Waals surface area (Å²) >= 11 is 0. The van der Waals surface area contributed by atoms with E-state index in [-0.39, 0.29) is 5.91 Å². The molecule has 1 amide bonds. The van der Waals surface area contributed by atoms with Crippen LogP contribution in [0.2, 0.25) is 0 Å². The van der Waals surface area contributed by atoms with Gasteiger partial charge in [-0.15, -0.1) is 0 Å². The second-order valence-corrected chi connectivity index (χ2v) is 5.52. The highest BCUT2D eigenvalue weighted by atomic mass is 16.5. The van der Waals surface area contributed by atoms with E-state index in [9.17, 15) is 4.79 Å². The van der Waals surface area contributed by atoms with E-state index >= 15 is 0 Å². The molecule has 2 aromatic rings. The molecule has 0 bridgehead atoms. The molecule has 21 heavy (non-hydrogen) atoms. The van der Waals surface area contributed by atoms with Crippen molar-refractivity contribution < 1.29 is 9.32 Å². The summed E-state index contributed by atoms with van der Waals surface area (Å²) in [7, 11) is 0. The maximum Gasteiger partial charge on any atom is 0.251 e. The average Bonchev–Trinajstić information content (AvgIpc) is 2.95. The van der Waals surface area contributed by atoms with Gasteiger partial charge in [-0.1, -0.05) is 36.6 Å². The van der Waals surface area contributed by atoms with Gasteiger partial charge >= 0.3 is 0 Å². The number of benzene rings is 1. The van der Waals surface area contributed by atoms with Crippen molar-refractivity contribution in [3.63, 3.8) is 0 Å². The lowest BCUT2D eigenvalue weighted by Crippen LogP contribution is -2.36. The van der Waals surface area contributed by atoms with E-state index in [0.29, 0.717) is 23.3 Å². The zero-order valence-electron chi connectivity index (χ0n) is 12.1. The molecular formula is C16H19N3O2. The molecule has 1 aliphatic rings. The fourth-order valence-electron chi connectivity index (χ4n) is 2.70. The van der Waals surface area contributed by atoms with Crippen molar-refractivity contribution in [1.82, 2.24) is 15.5 Å². The van der Waals surface area contributed by atoms with E-state index in [4.69, 9.17) is 4.52 Å². The van der Waals surface area contributed by atoms with E-state index in [1.54, 1.807) is 19.1 Å². The zero-order chi connectivity index (χ0) is 14.7. The minimum atomic E-state index is -0.00209. The summed E-state index contributed by atoms with van der Waals surface area (Å²) < 4.78 is 4.96. The highest BCUT2D eigenvalue weighted by Gasteiger charge is 2.16. The first-order valence-electron chi connectivity index (χ1n) is 7.44. The van der Waals surface area contributed by atoms with Crippen LogP contribution in [0.3, 0.4) is 0 Å². The van der Waals surface area contributed by atoms with E-state index in [0.717, 1.165) is 18.4 Å². The minimum Gasteiger partial charge on any atom is -0.349 e. The summed E-state index contributed by atoms with van der Waals surface area (Å²) in [6.07, 6.45) is 5.88. The number of nitrogens with one attached hydrogen (secondary N) is 1. The Bertz CT molecular complexity index is 613. The van der Waals surface area contributed by atoms with Gasteiger partial charge in [0, 0.05) is 24.1 Å². The second-order valence-electron chi connectivity index (χ2n) is 5.52. The normalized spacial score (nSPS) is 15.9. The molecule has 1 aromatic heterocycles. The lowest BCUT2D eigenvalue weighted by molar-refractivity contribution is 0.0927. The van der Waals surface area contributed by atoms with Crippen molar-refractivity contribution in [2.45, 2.75) is 45.1 Å². The van der Waals surface area contributed by atoms with Gasteiger partial charge in [0.15, 0.2) is 0 Å². The first-order chi connectivity index (χ1) is 10.2. The van der Waals surface area contributed by atoms with E-state index < -0.39 is 0 Å². The van der Waals surface area contributed by atoms with Crippen LogP contribution in [0.15, 0.2) is 28.8 Å². The SMILES string of the molecule is Cc1nc(-c2ccc(C(=O)NC3CCCCC3)cc2)no1. The van der Waals surface area contributed by atoms with Gasteiger partial charge in [-0.25, -0.2) is 0 Å². The van der Waals surface area contributed by atoms with Crippen LogP contribution in [0, 0.1) is 6.92 Å². The molecule has 1 saturated carbocycles. The topological polar surface area (TPSA) is 68.0 Å². The lowest BCUT2D eigenvalue weighted by atomic mass is 9.95. The number of aromatic nitrogens is 2. The molecule has 110 valence electrons. The Hall–Kier alpha value is -2.17. The number of nitrogens with zero attached hydrogens (tertiary/aromatic N) is 2. The molecule has 0 spiro atoms. The number of rotatable bonds is 3. The highest BCUT2D eigenvalue weighted by molar-refractivity contribution is 5.94. The summed E-state index contributed by atoms with van der Waals surface area (Å²) in [6, 6.07) is 7.63. The van der Waals surface area contributed by atoms with Crippen molar-refractivity contribution in [3.8, 4) is 11.4 Å². The van der Waals surface area contributed by atoms with Crippen molar-refractivity contribution in [1.29, 1.82) is 0 Å². The average molecular weight is 285 g/mol. The first kappa shape index (κ1) is 13.8. The van der Waals surface area contributed by atoms with Crippen molar-refractivity contribution in [3.05, 3.63) is 35.7 Å². The fraction of sp³-hybridized carbons (Fsp3) is 0.438. The Balaban J connectivity index is 1.67. The standard InChI is InChI=1S/C16H19N3O2/c1-11-17-15(19-21-11)12-7-9-13(10-8-12)16(20)18-14-5-3-2-4-6-14/h7-10,14H,2-6H2,1H3,(H,18,20). The van der Waals surface area contributed by atoms with Crippen molar-refractivity contribution in [2.24, 2.45) is 0 Å². The van der Waals surface area contributed by atoms with Crippen LogP contribution < -0.4 is 5.32 Å². The van der Waals surface area contributed by atoms with Crippen LogP contribution in [0.25, 0.3) is 11.4 Å². The van der Waals surface area contributed by atoms with Crippen molar-refractivity contribution in [2.75, 3.05) is 0 Å². The fourth-order valence-corrected chi connectivity index (χ4v) is 2.70. The van der Waals surface area contributed by atoms with Crippen LogP contribution in [-0.4, -0.2) is 22.1 Å². The third-order valence-electron chi connectivity index (χ3n) is 3.87. The van der Waals surface area contributed by atoms with Gasteiger partial charge in [-0.3, -0.25) is 4.79 Å². The van der Waals surface area contributed by atoms with E-state index in [2.05, 4.69) is 15.5 Å². The summed E-state index contributed by atoms with van der Waals surface area (Å²) in [6.45, 7) is 1.75. The first-order valence-corrected chi connectivity index (χ1v) is 7.44. The highest BCUT2D eigenvalue weighted by Crippen LogP contribution is 2.19. The van der Waals surface area contributed by atoms with Crippen LogP contribution in [0.4, 0.5) is 0 Å². The lowest BCUT2D eigenvalue weighted by Gasteiger charge is -2.22. The number of amides is 1. The number of hydrogen-bond acceptors (Lipinski definition) is 4. The predicted molar refractivity (Wildman–Crippen MR) is 78.8 cm³/mol. The van der Waals surface area contributed by atoms with Crippen LogP contribution >= 0.6 is 0 Å². The number of carbonyl (C=O) groups excluding carboxylic acids is 1. The molecule has 1 aromatic carbocycles. The van der Waals surface area contributed by atoms with Crippen molar-refractivity contribution >= 4 is 5.91 Å². The number of hydrogen-bond donors (Lipinski definition) is 1. The molecule has 5 nitrogen and oxygen atoms in total. The third-order valence-corrected chi connectivity index (χ3v) is 3.87. The maximum atomic E-state index is 12.2. The minimum absolute atomic E-state index is 0.00209.